The number of H-pyrrole nitrogens is 1. The summed E-state index contributed by atoms with van der Waals surface area (Å²) in [4.78, 5) is 16.7. The second-order valence-corrected chi connectivity index (χ2v) is 10.5. The highest BCUT2D eigenvalue weighted by Gasteiger charge is 2.30. The lowest BCUT2D eigenvalue weighted by Crippen LogP contribution is -2.43. The van der Waals surface area contributed by atoms with Crippen molar-refractivity contribution in [1.82, 2.24) is 30.7 Å². The van der Waals surface area contributed by atoms with E-state index in [9.17, 15) is 18.0 Å². The Balaban J connectivity index is 1.48. The lowest BCUT2D eigenvalue weighted by molar-refractivity contribution is -0.137. The Morgan fingerprint density at radius 1 is 1.19 bits per heavy atom. The van der Waals surface area contributed by atoms with Crippen LogP contribution in [0, 0.1) is 6.92 Å². The first-order valence-corrected chi connectivity index (χ1v) is 12.2. The van der Waals surface area contributed by atoms with E-state index in [-0.39, 0.29) is 13.0 Å². The number of nitrogens with zero attached hydrogens (tertiary/aromatic N) is 4. The molecule has 0 fully saturated rings. The van der Waals surface area contributed by atoms with Gasteiger partial charge in [0.25, 0.3) is 0 Å². The van der Waals surface area contributed by atoms with E-state index in [2.05, 4.69) is 36.0 Å². The van der Waals surface area contributed by atoms with E-state index in [1.54, 1.807) is 33.0 Å². The number of aromatic amines is 1. The fourth-order valence-corrected chi connectivity index (χ4v) is 4.30. The van der Waals surface area contributed by atoms with Crippen LogP contribution >= 0.6 is 11.3 Å². The number of rotatable bonds is 7. The molecule has 9 nitrogen and oxygen atoms in total. The molecule has 0 radical (unpaired) electrons. The van der Waals surface area contributed by atoms with Crippen LogP contribution in [-0.2, 0) is 17.3 Å². The van der Waals surface area contributed by atoms with Crippen LogP contribution < -0.4 is 10.6 Å². The highest BCUT2D eigenvalue weighted by Crippen LogP contribution is 2.30. The van der Waals surface area contributed by atoms with Crippen LogP contribution in [0.25, 0.3) is 21.6 Å². The molecule has 37 heavy (non-hydrogen) atoms. The zero-order valence-corrected chi connectivity index (χ0v) is 21.4. The first-order chi connectivity index (χ1) is 17.4. The van der Waals surface area contributed by atoms with Gasteiger partial charge in [0.15, 0.2) is 10.7 Å². The largest absolute Gasteiger partial charge is 0.444 e. The van der Waals surface area contributed by atoms with Crippen molar-refractivity contribution in [1.29, 1.82) is 0 Å². The highest BCUT2D eigenvalue weighted by molar-refractivity contribution is 7.18. The number of benzene rings is 1. The third kappa shape index (κ3) is 6.94. The molecule has 0 saturated heterocycles. The van der Waals surface area contributed by atoms with Crippen molar-refractivity contribution < 1.29 is 22.7 Å². The summed E-state index contributed by atoms with van der Waals surface area (Å²) in [5, 5.41) is 23.2. The zero-order valence-electron chi connectivity index (χ0n) is 20.6. The molecule has 3 N–H and O–H groups in total. The number of aryl methyl sites for hydroxylation is 1. The molecule has 196 valence electrons. The molecular formula is C24H26F3N7O2S. The Morgan fingerprint density at radius 3 is 2.70 bits per heavy atom. The number of hydrogen-bond acceptors (Lipinski definition) is 8. The van der Waals surface area contributed by atoms with Gasteiger partial charge in [0, 0.05) is 29.4 Å². The maximum absolute atomic E-state index is 13.2. The summed E-state index contributed by atoms with van der Waals surface area (Å²) in [5.74, 6) is 0. The molecule has 13 heteroatoms. The van der Waals surface area contributed by atoms with Crippen molar-refractivity contribution in [2.75, 3.05) is 11.9 Å². The number of amides is 1. The van der Waals surface area contributed by atoms with Crippen LogP contribution in [0.4, 0.5) is 23.1 Å². The maximum atomic E-state index is 13.2. The number of alkyl carbamates (subject to hydrolysis) is 1. The molecule has 3 aromatic heterocycles. The number of aromatic nitrogens is 5. The van der Waals surface area contributed by atoms with Gasteiger partial charge in [0.05, 0.1) is 11.6 Å². The molecule has 0 saturated carbocycles. The van der Waals surface area contributed by atoms with Gasteiger partial charge in [0.1, 0.15) is 5.60 Å². The van der Waals surface area contributed by atoms with Crippen LogP contribution in [0.15, 0.2) is 36.5 Å². The average Bonchev–Trinajstić information content (AvgIpc) is 3.42. The molecule has 0 spiro atoms. The Morgan fingerprint density at radius 2 is 1.97 bits per heavy atom. The number of pyridine rings is 1. The number of alkyl halides is 3. The number of ether oxygens (including phenoxy) is 1. The van der Waals surface area contributed by atoms with Gasteiger partial charge in [-0.25, -0.2) is 9.78 Å². The molecule has 0 bridgehead atoms. The number of nitrogens with one attached hydrogen (secondary N) is 3. The van der Waals surface area contributed by atoms with Gasteiger partial charge in [-0.2, -0.15) is 18.3 Å². The molecule has 0 aliphatic rings. The molecule has 1 amide bonds. The Bertz CT molecular complexity index is 1390. The van der Waals surface area contributed by atoms with E-state index in [0.29, 0.717) is 21.3 Å². The molecule has 4 aromatic rings. The smallest absolute Gasteiger partial charge is 0.416 e. The quantitative estimate of drug-likeness (QED) is 0.293. The second-order valence-electron chi connectivity index (χ2n) is 9.48. The monoisotopic (exact) mass is 533 g/mol. The Labute approximate surface area is 214 Å². The van der Waals surface area contributed by atoms with Crippen LogP contribution in [0.5, 0.6) is 0 Å². The minimum atomic E-state index is -4.46. The van der Waals surface area contributed by atoms with Crippen molar-refractivity contribution >= 4 is 33.6 Å². The molecule has 1 atom stereocenters. The van der Waals surface area contributed by atoms with Crippen molar-refractivity contribution in [3.63, 3.8) is 0 Å². The number of halogens is 3. The van der Waals surface area contributed by atoms with Gasteiger partial charge in [-0.05, 0) is 51.8 Å². The summed E-state index contributed by atoms with van der Waals surface area (Å²) in [6, 6.07) is 6.36. The molecule has 3 heterocycles. The topological polar surface area (TPSA) is 118 Å². The van der Waals surface area contributed by atoms with Crippen LogP contribution in [0.2, 0.25) is 0 Å². The standard InChI is InChI=1S/C24H26F3N7O2S/c1-13-18-10-15(11-28-19(18)32-31-13)20-33-34-21(37-20)29-12-17(30-22(35)36-23(2,3)4)9-14-6-5-7-16(8-14)24(25,26)27/h5-8,10-11,17H,9,12H2,1-4H3,(H,29,34)(H,30,35)(H,28,31,32)/t17-/m0/s1. The first-order valence-electron chi connectivity index (χ1n) is 11.4. The van der Waals surface area contributed by atoms with Gasteiger partial charge in [-0.15, -0.1) is 10.2 Å². The predicted molar refractivity (Wildman–Crippen MR) is 134 cm³/mol. The number of fused-ring (bicyclic) bond motifs is 1. The third-order valence-electron chi connectivity index (χ3n) is 5.23. The highest BCUT2D eigenvalue weighted by atomic mass is 32.1. The van der Waals surface area contributed by atoms with Crippen molar-refractivity contribution in [2.45, 2.75) is 51.9 Å². The van der Waals surface area contributed by atoms with E-state index < -0.39 is 29.5 Å². The van der Waals surface area contributed by atoms with Gasteiger partial charge >= 0.3 is 12.3 Å². The third-order valence-corrected chi connectivity index (χ3v) is 6.16. The Hall–Kier alpha value is -3.74. The predicted octanol–water partition coefficient (Wildman–Crippen LogP) is 5.35. The fourth-order valence-electron chi connectivity index (χ4n) is 3.57. The second kappa shape index (κ2) is 10.3. The zero-order chi connectivity index (χ0) is 26.8. The minimum Gasteiger partial charge on any atom is -0.444 e. The van der Waals surface area contributed by atoms with Gasteiger partial charge < -0.3 is 15.4 Å². The number of hydrogen-bond donors (Lipinski definition) is 3. The molecular weight excluding hydrogens is 507 g/mol. The van der Waals surface area contributed by atoms with E-state index in [1.807, 2.05) is 13.0 Å². The van der Waals surface area contributed by atoms with Crippen molar-refractivity contribution in [2.24, 2.45) is 0 Å². The van der Waals surface area contributed by atoms with E-state index in [1.165, 1.54) is 17.4 Å². The summed E-state index contributed by atoms with van der Waals surface area (Å²) in [6.45, 7) is 7.27. The van der Waals surface area contributed by atoms with Gasteiger partial charge in [-0.1, -0.05) is 29.5 Å². The molecule has 0 unspecified atom stereocenters. The summed E-state index contributed by atoms with van der Waals surface area (Å²) < 4.78 is 44.9. The van der Waals surface area contributed by atoms with Gasteiger partial charge in [-0.3, -0.25) is 5.10 Å². The molecule has 4 rings (SSSR count). The normalized spacial score (nSPS) is 12.9. The first kappa shape index (κ1) is 26.3. The summed E-state index contributed by atoms with van der Waals surface area (Å²) in [6.07, 6.45) is -3.33. The lowest BCUT2D eigenvalue weighted by Gasteiger charge is -2.24. The number of carbonyl (C=O) groups excluding carboxylic acids is 1. The summed E-state index contributed by atoms with van der Waals surface area (Å²) in [5.41, 5.74) is 1.21. The minimum absolute atomic E-state index is 0.141. The number of anilines is 1. The van der Waals surface area contributed by atoms with Crippen LogP contribution in [0.3, 0.4) is 0 Å². The van der Waals surface area contributed by atoms with Crippen LogP contribution in [0.1, 0.15) is 37.6 Å². The van der Waals surface area contributed by atoms with E-state index in [4.69, 9.17) is 4.74 Å². The maximum Gasteiger partial charge on any atom is 0.416 e. The molecule has 0 aliphatic heterocycles. The summed E-state index contributed by atoms with van der Waals surface area (Å²) >= 11 is 1.29. The molecule has 0 aliphatic carbocycles. The number of carbonyl (C=O) groups is 1. The Kier molecular flexibility index (Phi) is 7.35. The van der Waals surface area contributed by atoms with E-state index >= 15 is 0 Å². The van der Waals surface area contributed by atoms with E-state index in [0.717, 1.165) is 28.8 Å². The van der Waals surface area contributed by atoms with Crippen molar-refractivity contribution in [3.05, 3.63) is 53.3 Å². The summed E-state index contributed by atoms with van der Waals surface area (Å²) in [7, 11) is 0. The molecule has 1 aromatic carbocycles. The SMILES string of the molecule is Cc1[nH]nc2ncc(-c3nnc(NC[C@H](Cc4cccc(C(F)(F)F)c4)NC(=O)OC(C)(C)C)s3)cc12. The average molecular weight is 534 g/mol. The lowest BCUT2D eigenvalue weighted by atomic mass is 10.0. The fraction of sp³-hybridized carbons (Fsp3) is 0.375. The van der Waals surface area contributed by atoms with Gasteiger partial charge in [0.2, 0.25) is 5.13 Å². The van der Waals surface area contributed by atoms with Crippen LogP contribution in [-0.4, -0.2) is 49.7 Å². The van der Waals surface area contributed by atoms with Crippen molar-refractivity contribution in [3.8, 4) is 10.6 Å².